The fraction of sp³-hybridized carbons (Fsp3) is 0.571. The summed E-state index contributed by atoms with van der Waals surface area (Å²) in [5, 5.41) is 9.68. The van der Waals surface area contributed by atoms with Crippen LogP contribution in [0, 0.1) is 5.92 Å². The van der Waals surface area contributed by atoms with Gasteiger partial charge in [0.2, 0.25) is 0 Å². The Morgan fingerprint density at radius 2 is 1.94 bits per heavy atom. The van der Waals surface area contributed by atoms with Crippen molar-refractivity contribution < 1.29 is 9.84 Å². The number of halogens is 1. The van der Waals surface area contributed by atoms with Gasteiger partial charge in [-0.25, -0.2) is 0 Å². The average molecular weight is 301 g/mol. The van der Waals surface area contributed by atoms with Crippen LogP contribution >= 0.6 is 15.9 Å². The van der Waals surface area contributed by atoms with Crippen molar-refractivity contribution in [2.75, 3.05) is 6.61 Å². The van der Waals surface area contributed by atoms with Gasteiger partial charge in [-0.15, -0.1) is 0 Å². The van der Waals surface area contributed by atoms with Crippen LogP contribution in [-0.4, -0.2) is 11.7 Å². The minimum atomic E-state index is -0.500. The van der Waals surface area contributed by atoms with Crippen LogP contribution in [0.2, 0.25) is 0 Å². The second-order valence-corrected chi connectivity index (χ2v) is 5.27. The van der Waals surface area contributed by atoms with E-state index in [1.54, 1.807) is 6.92 Å². The molecule has 0 fully saturated rings. The molecule has 0 radical (unpaired) electrons. The van der Waals surface area contributed by atoms with Gasteiger partial charge in [0, 0.05) is 10.0 Å². The van der Waals surface area contributed by atoms with E-state index >= 15 is 0 Å². The van der Waals surface area contributed by atoms with E-state index in [-0.39, 0.29) is 0 Å². The molecule has 0 unspecified atom stereocenters. The van der Waals surface area contributed by atoms with Crippen LogP contribution in [0.15, 0.2) is 22.7 Å². The summed E-state index contributed by atoms with van der Waals surface area (Å²) in [7, 11) is 0. The van der Waals surface area contributed by atoms with E-state index in [0.29, 0.717) is 12.5 Å². The zero-order valence-corrected chi connectivity index (χ0v) is 12.3. The smallest absolute Gasteiger partial charge is 0.126 e. The van der Waals surface area contributed by atoms with Crippen molar-refractivity contribution in [2.24, 2.45) is 5.92 Å². The van der Waals surface area contributed by atoms with Crippen molar-refractivity contribution in [2.45, 2.75) is 39.7 Å². The average Bonchev–Trinajstić information content (AvgIpc) is 2.30. The highest BCUT2D eigenvalue weighted by atomic mass is 79.9. The topological polar surface area (TPSA) is 29.5 Å². The number of aliphatic hydroxyl groups is 1. The molecule has 1 aromatic rings. The zero-order valence-electron chi connectivity index (χ0n) is 10.7. The highest BCUT2D eigenvalue weighted by Crippen LogP contribution is 2.29. The summed E-state index contributed by atoms with van der Waals surface area (Å²) in [6.07, 6.45) is 1.74. The molecule has 1 aromatic carbocycles. The molecule has 1 atom stereocenters. The predicted molar refractivity (Wildman–Crippen MR) is 74.3 cm³/mol. The maximum absolute atomic E-state index is 9.68. The Kier molecular flexibility index (Phi) is 6.00. The Hall–Kier alpha value is -0.540. The first-order valence-corrected chi connectivity index (χ1v) is 6.98. The lowest BCUT2D eigenvalue weighted by molar-refractivity contribution is 0.184. The van der Waals surface area contributed by atoms with E-state index in [2.05, 4.69) is 29.8 Å². The van der Waals surface area contributed by atoms with Crippen molar-refractivity contribution in [1.29, 1.82) is 0 Å². The zero-order chi connectivity index (χ0) is 12.8. The van der Waals surface area contributed by atoms with Gasteiger partial charge in [0.05, 0.1) is 12.7 Å². The maximum Gasteiger partial charge on any atom is 0.126 e. The molecular weight excluding hydrogens is 280 g/mol. The number of rotatable bonds is 6. The third kappa shape index (κ3) is 4.32. The van der Waals surface area contributed by atoms with E-state index in [0.717, 1.165) is 28.6 Å². The minimum Gasteiger partial charge on any atom is -0.493 e. The van der Waals surface area contributed by atoms with E-state index in [1.807, 2.05) is 18.2 Å². The van der Waals surface area contributed by atoms with Crippen molar-refractivity contribution in [3.63, 3.8) is 0 Å². The quantitative estimate of drug-likeness (QED) is 0.848. The van der Waals surface area contributed by atoms with Crippen LogP contribution in [-0.2, 0) is 0 Å². The van der Waals surface area contributed by atoms with Crippen LogP contribution in [0.4, 0.5) is 0 Å². The van der Waals surface area contributed by atoms with Gasteiger partial charge in [0.25, 0.3) is 0 Å². The lowest BCUT2D eigenvalue weighted by Crippen LogP contribution is -2.11. The first kappa shape index (κ1) is 14.5. The standard InChI is InChI=1S/C14H21BrO2/c1-4-11(5-2)9-17-14-8-12(15)6-7-13(14)10(3)16/h6-8,10-11,16H,4-5,9H2,1-3H3/t10-/m1/s1. The molecule has 17 heavy (non-hydrogen) atoms. The molecule has 0 amide bonds. The lowest BCUT2D eigenvalue weighted by atomic mass is 10.1. The molecule has 0 spiro atoms. The highest BCUT2D eigenvalue weighted by molar-refractivity contribution is 9.10. The van der Waals surface area contributed by atoms with E-state index in [4.69, 9.17) is 4.74 Å². The van der Waals surface area contributed by atoms with Crippen LogP contribution in [0.5, 0.6) is 5.75 Å². The fourth-order valence-electron chi connectivity index (χ4n) is 1.71. The summed E-state index contributed by atoms with van der Waals surface area (Å²) in [4.78, 5) is 0. The van der Waals surface area contributed by atoms with Gasteiger partial charge in [0.15, 0.2) is 0 Å². The summed E-state index contributed by atoms with van der Waals surface area (Å²) in [6.45, 7) is 6.82. The molecule has 0 aliphatic rings. The molecule has 2 nitrogen and oxygen atoms in total. The van der Waals surface area contributed by atoms with Crippen LogP contribution in [0.1, 0.15) is 45.3 Å². The number of benzene rings is 1. The molecule has 0 saturated heterocycles. The molecule has 1 N–H and O–H groups in total. The third-order valence-electron chi connectivity index (χ3n) is 3.05. The second-order valence-electron chi connectivity index (χ2n) is 4.35. The second kappa shape index (κ2) is 7.02. The Labute approximate surface area is 112 Å². The van der Waals surface area contributed by atoms with Gasteiger partial charge in [-0.1, -0.05) is 48.7 Å². The van der Waals surface area contributed by atoms with Crippen molar-refractivity contribution in [1.82, 2.24) is 0 Å². The summed E-state index contributed by atoms with van der Waals surface area (Å²) >= 11 is 3.42. The molecule has 0 bridgehead atoms. The summed E-state index contributed by atoms with van der Waals surface area (Å²) in [6, 6.07) is 5.74. The normalized spacial score (nSPS) is 12.8. The van der Waals surface area contributed by atoms with Gasteiger partial charge < -0.3 is 9.84 Å². The van der Waals surface area contributed by atoms with E-state index in [9.17, 15) is 5.11 Å². The maximum atomic E-state index is 9.68. The minimum absolute atomic E-state index is 0.500. The SMILES string of the molecule is CCC(CC)COc1cc(Br)ccc1[C@@H](C)O. The van der Waals surface area contributed by atoms with Gasteiger partial charge in [-0.2, -0.15) is 0 Å². The van der Waals surface area contributed by atoms with Crippen LogP contribution < -0.4 is 4.74 Å². The predicted octanol–water partition coefficient (Wildman–Crippen LogP) is 4.32. The number of aliphatic hydroxyl groups excluding tert-OH is 1. The van der Waals surface area contributed by atoms with Gasteiger partial charge in [0.1, 0.15) is 5.75 Å². The Balaban J connectivity index is 2.78. The molecule has 0 aliphatic carbocycles. The molecular formula is C14H21BrO2. The van der Waals surface area contributed by atoms with Crippen molar-refractivity contribution >= 4 is 15.9 Å². The third-order valence-corrected chi connectivity index (χ3v) is 3.55. The van der Waals surface area contributed by atoms with Crippen LogP contribution in [0.25, 0.3) is 0 Å². The molecule has 0 aliphatic heterocycles. The summed E-state index contributed by atoms with van der Waals surface area (Å²) < 4.78 is 6.81. The molecule has 1 rings (SSSR count). The van der Waals surface area contributed by atoms with Crippen molar-refractivity contribution in [3.8, 4) is 5.75 Å². The van der Waals surface area contributed by atoms with Gasteiger partial charge in [-0.05, 0) is 25.0 Å². The Bertz CT molecular complexity index is 346. The first-order valence-electron chi connectivity index (χ1n) is 6.18. The lowest BCUT2D eigenvalue weighted by Gasteiger charge is -2.17. The highest BCUT2D eigenvalue weighted by Gasteiger charge is 2.11. The molecule has 0 aromatic heterocycles. The Morgan fingerprint density at radius 3 is 2.47 bits per heavy atom. The molecule has 0 saturated carbocycles. The summed E-state index contributed by atoms with van der Waals surface area (Å²) in [5.74, 6) is 1.36. The Morgan fingerprint density at radius 1 is 1.29 bits per heavy atom. The van der Waals surface area contributed by atoms with Gasteiger partial charge >= 0.3 is 0 Å². The molecule has 96 valence electrons. The summed E-state index contributed by atoms with van der Waals surface area (Å²) in [5.41, 5.74) is 0.846. The fourth-order valence-corrected chi connectivity index (χ4v) is 2.05. The first-order chi connectivity index (χ1) is 8.08. The number of hydrogen-bond acceptors (Lipinski definition) is 2. The molecule has 3 heteroatoms. The van der Waals surface area contributed by atoms with Gasteiger partial charge in [-0.3, -0.25) is 0 Å². The van der Waals surface area contributed by atoms with Crippen molar-refractivity contribution in [3.05, 3.63) is 28.2 Å². The van der Waals surface area contributed by atoms with E-state index in [1.165, 1.54) is 0 Å². The molecule has 0 heterocycles. The monoisotopic (exact) mass is 300 g/mol. The number of ether oxygens (including phenoxy) is 1. The number of hydrogen-bond donors (Lipinski definition) is 1. The largest absolute Gasteiger partial charge is 0.493 e. The van der Waals surface area contributed by atoms with E-state index < -0.39 is 6.10 Å². The van der Waals surface area contributed by atoms with Crippen LogP contribution in [0.3, 0.4) is 0 Å².